The molecule has 0 atom stereocenters. The summed E-state index contributed by atoms with van der Waals surface area (Å²) in [7, 11) is -2.00. The van der Waals surface area contributed by atoms with Gasteiger partial charge in [-0.15, -0.1) is 0 Å². The number of aromatic nitrogens is 1. The molecule has 1 aromatic heterocycles. The van der Waals surface area contributed by atoms with Gasteiger partial charge in [0.15, 0.2) is 9.84 Å². The van der Waals surface area contributed by atoms with E-state index in [4.69, 9.17) is 0 Å². The van der Waals surface area contributed by atoms with Crippen molar-refractivity contribution >= 4 is 20.6 Å². The van der Waals surface area contributed by atoms with Crippen LogP contribution in [0.25, 0.3) is 4.91 Å². The molecule has 0 aliphatic carbocycles. The first-order valence-electron chi connectivity index (χ1n) is 6.12. The van der Waals surface area contributed by atoms with Gasteiger partial charge in [0, 0.05) is 18.8 Å². The number of sulfone groups is 1. The molecule has 112 valence electrons. The number of pyridine rings is 1. The van der Waals surface area contributed by atoms with Crippen molar-refractivity contribution in [3.8, 4) is 0 Å². The van der Waals surface area contributed by atoms with Gasteiger partial charge in [-0.1, -0.05) is 25.3 Å². The van der Waals surface area contributed by atoms with Crippen LogP contribution in [0.4, 0.5) is 10.2 Å². The minimum absolute atomic E-state index is 0.0577. The summed E-state index contributed by atoms with van der Waals surface area (Å²) in [5, 5.41) is 2.81. The molecule has 0 fully saturated rings. The molecule has 0 amide bonds. The molecule has 1 N–H and O–H groups in total. The first kappa shape index (κ1) is 16.8. The number of nitrogens with zero attached hydrogens (tertiary/aromatic N) is 1. The van der Waals surface area contributed by atoms with Crippen molar-refractivity contribution in [2.45, 2.75) is 0 Å². The Hall–Kier alpha value is -2.21. The summed E-state index contributed by atoms with van der Waals surface area (Å²) in [6.07, 6.45) is 6.27. The highest BCUT2D eigenvalue weighted by Gasteiger charge is 2.18. The van der Waals surface area contributed by atoms with Gasteiger partial charge in [0.2, 0.25) is 0 Å². The van der Waals surface area contributed by atoms with Crippen LogP contribution in [0.3, 0.4) is 0 Å². The maximum atomic E-state index is 13.1. The minimum Gasteiger partial charge on any atom is -0.373 e. The van der Waals surface area contributed by atoms with E-state index in [2.05, 4.69) is 23.5 Å². The van der Waals surface area contributed by atoms with Crippen LogP contribution in [-0.4, -0.2) is 26.2 Å². The van der Waals surface area contributed by atoms with Gasteiger partial charge >= 0.3 is 0 Å². The molecule has 0 saturated carbocycles. The Morgan fingerprint density at radius 2 is 2.24 bits per heavy atom. The van der Waals surface area contributed by atoms with Crippen molar-refractivity contribution in [2.24, 2.45) is 0 Å². The smallest absolute Gasteiger partial charge is 0.182 e. The van der Waals surface area contributed by atoms with Crippen molar-refractivity contribution in [3.05, 3.63) is 67.2 Å². The Balaban J connectivity index is 2.95. The normalized spacial score (nSPS) is 12.4. The van der Waals surface area contributed by atoms with Crippen molar-refractivity contribution in [1.29, 1.82) is 0 Å². The lowest BCUT2D eigenvalue weighted by molar-refractivity contribution is 0.608. The molecule has 0 unspecified atom stereocenters. The third kappa shape index (κ3) is 4.68. The quantitative estimate of drug-likeness (QED) is 0.786. The molecule has 4 nitrogen and oxygen atoms in total. The van der Waals surface area contributed by atoms with Crippen LogP contribution >= 0.6 is 0 Å². The lowest BCUT2D eigenvalue weighted by Gasteiger charge is -2.10. The summed E-state index contributed by atoms with van der Waals surface area (Å²) < 4.78 is 37.4. The third-order valence-corrected chi connectivity index (χ3v) is 4.19. The molecule has 0 spiro atoms. The number of hydrogen-bond donors (Lipinski definition) is 1. The topological polar surface area (TPSA) is 59.1 Å². The predicted octanol–water partition coefficient (Wildman–Crippen LogP) is 3.10. The van der Waals surface area contributed by atoms with Crippen LogP contribution < -0.4 is 5.32 Å². The maximum Gasteiger partial charge on any atom is 0.182 e. The highest BCUT2D eigenvalue weighted by atomic mass is 32.2. The summed E-state index contributed by atoms with van der Waals surface area (Å²) in [5.74, 6) is -0.488. The van der Waals surface area contributed by atoms with Crippen LogP contribution in [0.2, 0.25) is 0 Å². The molecule has 0 saturated heterocycles. The predicted molar refractivity (Wildman–Crippen MR) is 85.1 cm³/mol. The Labute approximate surface area is 124 Å². The number of allylic oxidation sites excluding steroid dienone is 4. The first-order chi connectivity index (χ1) is 9.92. The molecule has 0 aromatic carbocycles. The van der Waals surface area contributed by atoms with Crippen molar-refractivity contribution in [3.63, 3.8) is 0 Å². The van der Waals surface area contributed by atoms with Crippen LogP contribution in [-0.2, 0) is 9.84 Å². The second-order valence-electron chi connectivity index (χ2n) is 4.04. The lowest BCUT2D eigenvalue weighted by atomic mass is 10.2. The first-order valence-corrected chi connectivity index (χ1v) is 7.77. The largest absolute Gasteiger partial charge is 0.373 e. The molecule has 0 aliphatic rings. The summed E-state index contributed by atoms with van der Waals surface area (Å²) in [5.41, 5.74) is 0.399. The van der Waals surface area contributed by atoms with E-state index in [0.29, 0.717) is 11.4 Å². The van der Waals surface area contributed by atoms with E-state index >= 15 is 0 Å². The van der Waals surface area contributed by atoms with Crippen molar-refractivity contribution < 1.29 is 12.8 Å². The van der Waals surface area contributed by atoms with E-state index in [-0.39, 0.29) is 10.7 Å². The Morgan fingerprint density at radius 3 is 2.86 bits per heavy atom. The molecule has 0 aliphatic heterocycles. The van der Waals surface area contributed by atoms with Gasteiger partial charge in [0.05, 0.1) is 10.7 Å². The monoisotopic (exact) mass is 308 g/mol. The minimum atomic E-state index is -3.64. The summed E-state index contributed by atoms with van der Waals surface area (Å²) in [6.45, 7) is 6.96. The molecule has 1 aromatic rings. The van der Waals surface area contributed by atoms with E-state index in [1.54, 1.807) is 25.4 Å². The zero-order valence-corrected chi connectivity index (χ0v) is 12.5. The molecular weight excluding hydrogens is 291 g/mol. The number of hydrogen-bond acceptors (Lipinski definition) is 4. The van der Waals surface area contributed by atoms with Gasteiger partial charge < -0.3 is 5.32 Å². The lowest BCUT2D eigenvalue weighted by Crippen LogP contribution is -2.08. The molecule has 21 heavy (non-hydrogen) atoms. The van der Waals surface area contributed by atoms with Gasteiger partial charge in [0.1, 0.15) is 11.6 Å². The average Bonchev–Trinajstić information content (AvgIpc) is 2.46. The van der Waals surface area contributed by atoms with Crippen molar-refractivity contribution in [1.82, 2.24) is 4.98 Å². The average molecular weight is 308 g/mol. The summed E-state index contributed by atoms with van der Waals surface area (Å²) >= 11 is 0. The Morgan fingerprint density at radius 1 is 1.52 bits per heavy atom. The van der Waals surface area contributed by atoms with Gasteiger partial charge in [-0.05, 0) is 24.3 Å². The number of rotatable bonds is 7. The number of anilines is 1. The third-order valence-electron chi connectivity index (χ3n) is 2.59. The van der Waals surface area contributed by atoms with E-state index in [1.165, 1.54) is 12.2 Å². The van der Waals surface area contributed by atoms with Crippen LogP contribution in [0, 0.1) is 0 Å². The molecule has 0 bridgehead atoms. The van der Waals surface area contributed by atoms with Crippen LogP contribution in [0.5, 0.6) is 0 Å². The fourth-order valence-electron chi connectivity index (χ4n) is 1.55. The highest BCUT2D eigenvalue weighted by molar-refractivity contribution is 8.00. The highest BCUT2D eigenvalue weighted by Crippen LogP contribution is 2.25. The molecule has 1 rings (SSSR count). The molecular formula is C15H17FN2O2S. The van der Waals surface area contributed by atoms with E-state index in [1.807, 2.05) is 0 Å². The Kier molecular flexibility index (Phi) is 6.05. The van der Waals surface area contributed by atoms with Crippen LogP contribution in [0.1, 0.15) is 5.56 Å². The van der Waals surface area contributed by atoms with Crippen LogP contribution in [0.15, 0.2) is 61.6 Å². The van der Waals surface area contributed by atoms with E-state index in [0.717, 1.165) is 12.2 Å². The van der Waals surface area contributed by atoms with Gasteiger partial charge in [-0.25, -0.2) is 17.8 Å². The number of nitrogens with one attached hydrogen (secondary N) is 1. The summed E-state index contributed by atoms with van der Waals surface area (Å²) in [6, 6.07) is 3.24. The fraction of sp³-hybridized carbons (Fsp3) is 0.133. The maximum absolute atomic E-state index is 13.1. The SMILES string of the molecule is C=C/C=C(F)\C=C/CS(=O)(=O)C(=C)c1cccnc1NC. The van der Waals surface area contributed by atoms with E-state index < -0.39 is 15.7 Å². The zero-order valence-electron chi connectivity index (χ0n) is 11.7. The molecule has 0 radical (unpaired) electrons. The Bertz CT molecular complexity index is 691. The standard InChI is InChI=1S/C15H17FN2O2S/c1-4-7-13(16)8-6-11-21(19,20)12(2)14-9-5-10-18-15(14)17-3/h4-10H,1-2,11H2,3H3,(H,17,18)/b8-6-,13-7+. The molecule has 6 heteroatoms. The second kappa shape index (κ2) is 7.54. The fourth-order valence-corrected chi connectivity index (χ4v) is 2.60. The molecule has 1 heterocycles. The van der Waals surface area contributed by atoms with Gasteiger partial charge in [-0.3, -0.25) is 0 Å². The van der Waals surface area contributed by atoms with E-state index in [9.17, 15) is 12.8 Å². The van der Waals surface area contributed by atoms with Gasteiger partial charge in [-0.2, -0.15) is 0 Å². The second-order valence-corrected chi connectivity index (χ2v) is 6.10. The van der Waals surface area contributed by atoms with Crippen molar-refractivity contribution in [2.75, 3.05) is 18.1 Å². The number of halogens is 1. The zero-order chi connectivity index (χ0) is 15.9. The van der Waals surface area contributed by atoms with Gasteiger partial charge in [0.25, 0.3) is 0 Å². The summed E-state index contributed by atoms with van der Waals surface area (Å²) in [4.78, 5) is 3.97.